The molecular formula is C17H19NO2S. The van der Waals surface area contributed by atoms with Crippen LogP contribution >= 0.6 is 0 Å². The number of sulfonamides is 1. The minimum Gasteiger partial charge on any atom is -0.284 e. The minimum atomic E-state index is -3.24. The van der Waals surface area contributed by atoms with Crippen molar-refractivity contribution in [2.75, 3.05) is 11.0 Å². The highest BCUT2D eigenvalue weighted by Crippen LogP contribution is 2.31. The second-order valence-corrected chi connectivity index (χ2v) is 7.70. The fourth-order valence-corrected chi connectivity index (χ4v) is 3.55. The maximum Gasteiger partial charge on any atom is 0.229 e. The van der Waals surface area contributed by atoms with Gasteiger partial charge < -0.3 is 0 Å². The molecule has 0 aromatic heterocycles. The van der Waals surface area contributed by atoms with Crippen molar-refractivity contribution in [3.63, 3.8) is 0 Å². The normalized spacial score (nSPS) is 17.5. The van der Waals surface area contributed by atoms with E-state index in [4.69, 9.17) is 0 Å². The zero-order chi connectivity index (χ0) is 15.0. The van der Waals surface area contributed by atoms with Crippen LogP contribution in [0.2, 0.25) is 0 Å². The van der Waals surface area contributed by atoms with Crippen molar-refractivity contribution in [3.8, 4) is 11.1 Å². The number of hydrogen-bond acceptors (Lipinski definition) is 2. The Hall–Kier alpha value is -1.81. The Morgan fingerprint density at radius 2 is 1.71 bits per heavy atom. The Bertz CT molecular complexity index is 781. The molecule has 0 aliphatic heterocycles. The third-order valence-electron chi connectivity index (χ3n) is 3.84. The smallest absolute Gasteiger partial charge is 0.229 e. The highest BCUT2D eigenvalue weighted by molar-refractivity contribution is 7.92. The fraction of sp³-hybridized carbons (Fsp3) is 0.294. The van der Waals surface area contributed by atoms with Crippen LogP contribution < -0.4 is 4.72 Å². The lowest BCUT2D eigenvalue weighted by Gasteiger charge is -2.08. The van der Waals surface area contributed by atoms with Gasteiger partial charge in [-0.15, -0.1) is 0 Å². The lowest BCUT2D eigenvalue weighted by molar-refractivity contribution is 0.607. The van der Waals surface area contributed by atoms with Crippen LogP contribution in [0.15, 0.2) is 42.5 Å². The molecule has 1 aliphatic carbocycles. The Kier molecular flexibility index (Phi) is 3.49. The van der Waals surface area contributed by atoms with E-state index in [0.717, 1.165) is 30.2 Å². The molecule has 1 atom stereocenters. The number of hydrogen-bond donors (Lipinski definition) is 1. The van der Waals surface area contributed by atoms with Crippen molar-refractivity contribution in [1.82, 2.24) is 0 Å². The van der Waals surface area contributed by atoms with Gasteiger partial charge >= 0.3 is 0 Å². The highest BCUT2D eigenvalue weighted by atomic mass is 32.2. The first-order valence-corrected chi connectivity index (χ1v) is 9.00. The predicted octanol–water partition coefficient (Wildman–Crippen LogP) is 3.46. The molecule has 0 bridgehead atoms. The Balaban J connectivity index is 1.94. The quantitative estimate of drug-likeness (QED) is 0.943. The van der Waals surface area contributed by atoms with E-state index in [1.165, 1.54) is 11.1 Å². The molecule has 2 aromatic rings. The molecule has 0 fully saturated rings. The molecule has 0 spiro atoms. The van der Waals surface area contributed by atoms with Crippen molar-refractivity contribution in [3.05, 3.63) is 53.6 Å². The standard InChI is InChI=1S/C17H19NO2S/c1-12-8-14-6-7-15(10-16(14)9-12)13-4-3-5-17(11-13)18-21(2,19)20/h3-7,10-12,18H,8-9H2,1-2H3. The van der Waals surface area contributed by atoms with Gasteiger partial charge in [0.2, 0.25) is 10.0 Å². The van der Waals surface area contributed by atoms with E-state index in [2.05, 4.69) is 29.8 Å². The summed E-state index contributed by atoms with van der Waals surface area (Å²) in [6.07, 6.45) is 3.45. The summed E-state index contributed by atoms with van der Waals surface area (Å²) in [5, 5.41) is 0. The maximum absolute atomic E-state index is 11.3. The second kappa shape index (κ2) is 5.19. The summed E-state index contributed by atoms with van der Waals surface area (Å²) < 4.78 is 25.2. The number of anilines is 1. The average Bonchev–Trinajstić information content (AvgIpc) is 2.76. The number of fused-ring (bicyclic) bond motifs is 1. The Morgan fingerprint density at radius 1 is 1.00 bits per heavy atom. The summed E-state index contributed by atoms with van der Waals surface area (Å²) in [4.78, 5) is 0. The predicted molar refractivity (Wildman–Crippen MR) is 86.9 cm³/mol. The molecule has 3 nitrogen and oxygen atoms in total. The zero-order valence-electron chi connectivity index (χ0n) is 12.3. The van der Waals surface area contributed by atoms with Crippen LogP contribution in [0.25, 0.3) is 11.1 Å². The number of benzene rings is 2. The Labute approximate surface area is 126 Å². The molecule has 1 N–H and O–H groups in total. The summed E-state index contributed by atoms with van der Waals surface area (Å²) in [7, 11) is -3.24. The van der Waals surface area contributed by atoms with E-state index in [0.29, 0.717) is 11.6 Å². The molecule has 2 aromatic carbocycles. The lowest BCUT2D eigenvalue weighted by Crippen LogP contribution is -2.09. The molecule has 110 valence electrons. The van der Waals surface area contributed by atoms with Gasteiger partial charge in [-0.1, -0.05) is 37.3 Å². The SMILES string of the molecule is CC1Cc2ccc(-c3cccc(NS(C)(=O)=O)c3)cc2C1. The molecular weight excluding hydrogens is 282 g/mol. The molecule has 0 saturated carbocycles. The Morgan fingerprint density at radius 3 is 2.48 bits per heavy atom. The molecule has 21 heavy (non-hydrogen) atoms. The third-order valence-corrected chi connectivity index (χ3v) is 4.45. The van der Waals surface area contributed by atoms with Crippen LogP contribution in [-0.4, -0.2) is 14.7 Å². The van der Waals surface area contributed by atoms with Gasteiger partial charge in [0.25, 0.3) is 0 Å². The highest BCUT2D eigenvalue weighted by Gasteiger charge is 2.17. The summed E-state index contributed by atoms with van der Waals surface area (Å²) in [6, 6.07) is 14.1. The van der Waals surface area contributed by atoms with Crippen molar-refractivity contribution < 1.29 is 8.42 Å². The van der Waals surface area contributed by atoms with Crippen molar-refractivity contribution in [2.24, 2.45) is 5.92 Å². The van der Waals surface area contributed by atoms with E-state index in [-0.39, 0.29) is 0 Å². The topological polar surface area (TPSA) is 46.2 Å². The maximum atomic E-state index is 11.3. The van der Waals surface area contributed by atoms with E-state index in [1.807, 2.05) is 18.2 Å². The van der Waals surface area contributed by atoms with E-state index in [9.17, 15) is 8.42 Å². The van der Waals surface area contributed by atoms with Crippen LogP contribution in [0.1, 0.15) is 18.1 Å². The number of nitrogens with one attached hydrogen (secondary N) is 1. The largest absolute Gasteiger partial charge is 0.284 e. The molecule has 0 saturated heterocycles. The van der Waals surface area contributed by atoms with E-state index in [1.54, 1.807) is 6.07 Å². The molecule has 1 aliphatic rings. The summed E-state index contributed by atoms with van der Waals surface area (Å²) in [6.45, 7) is 2.27. The summed E-state index contributed by atoms with van der Waals surface area (Å²) in [5.74, 6) is 0.716. The molecule has 3 rings (SSSR count). The van der Waals surface area contributed by atoms with Gasteiger partial charge in [0.1, 0.15) is 0 Å². The first-order chi connectivity index (χ1) is 9.90. The monoisotopic (exact) mass is 301 g/mol. The molecule has 0 amide bonds. The van der Waals surface area contributed by atoms with Gasteiger partial charge in [-0.2, -0.15) is 0 Å². The van der Waals surface area contributed by atoms with Crippen LogP contribution in [0, 0.1) is 5.92 Å². The second-order valence-electron chi connectivity index (χ2n) is 5.95. The van der Waals surface area contributed by atoms with Gasteiger partial charge in [0, 0.05) is 5.69 Å². The minimum absolute atomic E-state index is 0.601. The fourth-order valence-electron chi connectivity index (χ4n) is 2.99. The van der Waals surface area contributed by atoms with Crippen molar-refractivity contribution in [1.29, 1.82) is 0 Å². The lowest BCUT2D eigenvalue weighted by atomic mass is 10.0. The molecule has 4 heteroatoms. The van der Waals surface area contributed by atoms with Crippen LogP contribution in [0.3, 0.4) is 0 Å². The summed E-state index contributed by atoms with van der Waals surface area (Å²) >= 11 is 0. The van der Waals surface area contributed by atoms with Crippen LogP contribution in [0.4, 0.5) is 5.69 Å². The first-order valence-electron chi connectivity index (χ1n) is 7.11. The van der Waals surface area contributed by atoms with Gasteiger partial charge in [-0.25, -0.2) is 8.42 Å². The summed E-state index contributed by atoms with van der Waals surface area (Å²) in [5.41, 5.74) is 5.63. The van der Waals surface area contributed by atoms with Crippen LogP contribution in [0.5, 0.6) is 0 Å². The van der Waals surface area contributed by atoms with Crippen molar-refractivity contribution >= 4 is 15.7 Å². The van der Waals surface area contributed by atoms with Gasteiger partial charge in [-0.05, 0) is 53.1 Å². The average molecular weight is 301 g/mol. The molecule has 1 unspecified atom stereocenters. The van der Waals surface area contributed by atoms with Gasteiger partial charge in [-0.3, -0.25) is 4.72 Å². The first kappa shape index (κ1) is 14.1. The van der Waals surface area contributed by atoms with E-state index < -0.39 is 10.0 Å². The van der Waals surface area contributed by atoms with E-state index >= 15 is 0 Å². The third kappa shape index (κ3) is 3.27. The van der Waals surface area contributed by atoms with Crippen molar-refractivity contribution in [2.45, 2.75) is 19.8 Å². The van der Waals surface area contributed by atoms with Gasteiger partial charge in [0.05, 0.1) is 6.26 Å². The van der Waals surface area contributed by atoms with Gasteiger partial charge in [0.15, 0.2) is 0 Å². The number of rotatable bonds is 3. The molecule has 0 radical (unpaired) electrons. The molecule has 0 heterocycles. The van der Waals surface area contributed by atoms with Crippen LogP contribution in [-0.2, 0) is 22.9 Å². The zero-order valence-corrected chi connectivity index (χ0v) is 13.1.